The lowest BCUT2D eigenvalue weighted by molar-refractivity contribution is 0.430. The van der Waals surface area contributed by atoms with E-state index in [1.54, 1.807) is 0 Å². The molecule has 158 valence electrons. The number of hydrogen-bond donors (Lipinski definition) is 0. The van der Waals surface area contributed by atoms with E-state index in [2.05, 4.69) is 56.0 Å². The van der Waals surface area contributed by atoms with Gasteiger partial charge in [0, 0.05) is 6.54 Å². The highest BCUT2D eigenvalue weighted by Gasteiger charge is 2.23. The molecule has 3 nitrogen and oxygen atoms in total. The summed E-state index contributed by atoms with van der Waals surface area (Å²) in [6, 6.07) is 15.0. The van der Waals surface area contributed by atoms with Crippen LogP contribution in [0.25, 0.3) is 16.7 Å². The minimum atomic E-state index is -3.06. The third-order valence-corrected chi connectivity index (χ3v) is 7.78. The van der Waals surface area contributed by atoms with Gasteiger partial charge in [-0.15, -0.1) is 0 Å². The first-order valence-electron chi connectivity index (χ1n) is 10.4. The Morgan fingerprint density at radius 1 is 1.10 bits per heavy atom. The van der Waals surface area contributed by atoms with E-state index in [1.807, 2.05) is 32.8 Å². The van der Waals surface area contributed by atoms with Crippen LogP contribution in [0.5, 0.6) is 0 Å². The Morgan fingerprint density at radius 2 is 1.76 bits per heavy atom. The first kappa shape index (κ1) is 23.4. The predicted octanol–water partition coefficient (Wildman–Crippen LogP) is 5.38. The van der Waals surface area contributed by atoms with Crippen molar-refractivity contribution in [3.63, 3.8) is 0 Å². The molecular weight excluding hydrogens is 378 g/mol. The molecule has 0 spiro atoms. The van der Waals surface area contributed by atoms with Crippen molar-refractivity contribution in [2.45, 2.75) is 45.3 Å². The van der Waals surface area contributed by atoms with Crippen LogP contribution >= 0.6 is 0 Å². The fraction of sp³-hybridized carbons (Fsp3) is 0.440. The molecule has 2 rings (SSSR count). The molecule has 29 heavy (non-hydrogen) atoms. The maximum Gasteiger partial charge on any atom is 0.154 e. The Morgan fingerprint density at radius 3 is 2.31 bits per heavy atom. The zero-order valence-corrected chi connectivity index (χ0v) is 19.3. The van der Waals surface area contributed by atoms with Gasteiger partial charge in [-0.1, -0.05) is 67.1 Å². The third kappa shape index (κ3) is 6.55. The summed E-state index contributed by atoms with van der Waals surface area (Å²) in [5.41, 5.74) is 6.99. The highest BCUT2D eigenvalue weighted by atomic mass is 32.2. The van der Waals surface area contributed by atoms with Gasteiger partial charge in [0.05, 0.1) is 11.0 Å². The SMILES string of the molecule is C=C(C)c1ccc(C)cc1-c1ccc(CCC(CC)S(=O)(=O)CCN(C)C)cc1. The van der Waals surface area contributed by atoms with E-state index < -0.39 is 9.84 Å². The minimum Gasteiger partial charge on any atom is -0.308 e. The van der Waals surface area contributed by atoms with Crippen LogP contribution in [-0.4, -0.2) is 45.0 Å². The molecule has 1 atom stereocenters. The van der Waals surface area contributed by atoms with Crippen LogP contribution in [0.15, 0.2) is 49.0 Å². The zero-order valence-electron chi connectivity index (χ0n) is 18.5. The van der Waals surface area contributed by atoms with Gasteiger partial charge in [-0.25, -0.2) is 8.42 Å². The average molecular weight is 414 g/mol. The minimum absolute atomic E-state index is 0.231. The molecule has 2 aromatic rings. The maximum absolute atomic E-state index is 12.6. The van der Waals surface area contributed by atoms with Crippen molar-refractivity contribution in [3.05, 3.63) is 65.7 Å². The first-order valence-corrected chi connectivity index (χ1v) is 12.1. The number of nitrogens with zero attached hydrogens (tertiary/aromatic N) is 1. The Labute approximate surface area is 177 Å². The summed E-state index contributed by atoms with van der Waals surface area (Å²) in [6.07, 6.45) is 2.12. The fourth-order valence-electron chi connectivity index (χ4n) is 3.56. The first-order chi connectivity index (χ1) is 13.6. The Balaban J connectivity index is 2.12. The summed E-state index contributed by atoms with van der Waals surface area (Å²) in [4.78, 5) is 1.92. The highest BCUT2D eigenvalue weighted by molar-refractivity contribution is 7.92. The molecule has 0 heterocycles. The molecule has 0 radical (unpaired) electrons. The molecule has 4 heteroatoms. The van der Waals surface area contributed by atoms with Crippen LogP contribution in [0.1, 0.15) is 43.4 Å². The third-order valence-electron chi connectivity index (χ3n) is 5.44. The van der Waals surface area contributed by atoms with Crippen LogP contribution < -0.4 is 0 Å². The largest absolute Gasteiger partial charge is 0.308 e. The van der Waals surface area contributed by atoms with Crippen molar-refractivity contribution in [2.24, 2.45) is 0 Å². The van der Waals surface area contributed by atoms with Crippen molar-refractivity contribution in [1.29, 1.82) is 0 Å². The monoisotopic (exact) mass is 413 g/mol. The lowest BCUT2D eigenvalue weighted by Crippen LogP contribution is -2.29. The zero-order chi connectivity index (χ0) is 21.6. The van der Waals surface area contributed by atoms with Gasteiger partial charge in [0.2, 0.25) is 0 Å². The van der Waals surface area contributed by atoms with Gasteiger partial charge in [0.1, 0.15) is 0 Å². The second kappa shape index (κ2) is 10.2. The normalized spacial score (nSPS) is 12.9. The second-order valence-corrected chi connectivity index (χ2v) is 10.7. The van der Waals surface area contributed by atoms with Gasteiger partial charge < -0.3 is 4.90 Å². The van der Waals surface area contributed by atoms with E-state index >= 15 is 0 Å². The van der Waals surface area contributed by atoms with Crippen LogP contribution in [0.2, 0.25) is 0 Å². The smallest absolute Gasteiger partial charge is 0.154 e. The molecule has 0 bridgehead atoms. The van der Waals surface area contributed by atoms with Crippen molar-refractivity contribution in [2.75, 3.05) is 26.4 Å². The summed E-state index contributed by atoms with van der Waals surface area (Å²) in [5.74, 6) is 0.231. The average Bonchev–Trinajstić information content (AvgIpc) is 2.67. The predicted molar refractivity (Wildman–Crippen MR) is 126 cm³/mol. The molecule has 0 aliphatic heterocycles. The van der Waals surface area contributed by atoms with Crippen LogP contribution in [0.4, 0.5) is 0 Å². The second-order valence-electron chi connectivity index (χ2n) is 8.27. The summed E-state index contributed by atoms with van der Waals surface area (Å²) in [6.45, 7) is 10.8. The number of rotatable bonds is 10. The van der Waals surface area contributed by atoms with Gasteiger partial charge >= 0.3 is 0 Å². The van der Waals surface area contributed by atoms with E-state index in [4.69, 9.17) is 0 Å². The van der Waals surface area contributed by atoms with Gasteiger partial charge in [-0.05, 0) is 69.5 Å². The molecule has 0 aliphatic rings. The van der Waals surface area contributed by atoms with E-state index in [1.165, 1.54) is 27.8 Å². The van der Waals surface area contributed by atoms with Gasteiger partial charge in [0.15, 0.2) is 9.84 Å². The number of sulfone groups is 1. The number of allylic oxidation sites excluding steroid dienone is 1. The number of benzene rings is 2. The highest BCUT2D eigenvalue weighted by Crippen LogP contribution is 2.29. The lowest BCUT2D eigenvalue weighted by atomic mass is 9.93. The van der Waals surface area contributed by atoms with E-state index in [9.17, 15) is 8.42 Å². The van der Waals surface area contributed by atoms with Crippen LogP contribution in [0, 0.1) is 6.92 Å². The Kier molecular flexibility index (Phi) is 8.23. The quantitative estimate of drug-likeness (QED) is 0.524. The van der Waals surface area contributed by atoms with Crippen LogP contribution in [0.3, 0.4) is 0 Å². The molecule has 0 saturated carbocycles. The standard InChI is InChI=1S/C25H35NO2S/c1-7-23(29(27,28)17-16-26(5)6)14-11-21-9-12-22(13-10-21)25-18-20(4)8-15-24(25)19(2)3/h8-10,12-13,15,18,23H,2,7,11,14,16-17H2,1,3-6H3. The fourth-order valence-corrected chi connectivity index (χ4v) is 5.50. The molecule has 0 N–H and O–H groups in total. The molecule has 0 amide bonds. The molecule has 2 aromatic carbocycles. The van der Waals surface area contributed by atoms with Gasteiger partial charge in [-0.2, -0.15) is 0 Å². The van der Waals surface area contributed by atoms with Crippen LogP contribution in [-0.2, 0) is 16.3 Å². The van der Waals surface area contributed by atoms with E-state index in [-0.39, 0.29) is 11.0 Å². The van der Waals surface area contributed by atoms with Crippen molar-refractivity contribution in [3.8, 4) is 11.1 Å². The lowest BCUT2D eigenvalue weighted by Gasteiger charge is -2.18. The van der Waals surface area contributed by atoms with Crippen molar-refractivity contribution in [1.82, 2.24) is 4.90 Å². The van der Waals surface area contributed by atoms with E-state index in [0.29, 0.717) is 19.4 Å². The molecular formula is C25H35NO2S. The Hall–Kier alpha value is -1.91. The number of aryl methyl sites for hydroxylation is 2. The summed E-state index contributed by atoms with van der Waals surface area (Å²) < 4.78 is 25.2. The molecule has 0 fully saturated rings. The Bertz CT molecular complexity index is 928. The topological polar surface area (TPSA) is 37.4 Å². The number of hydrogen-bond acceptors (Lipinski definition) is 3. The molecule has 0 aliphatic carbocycles. The van der Waals surface area contributed by atoms with Crippen molar-refractivity contribution < 1.29 is 8.42 Å². The van der Waals surface area contributed by atoms with Gasteiger partial charge in [0.25, 0.3) is 0 Å². The maximum atomic E-state index is 12.6. The summed E-state index contributed by atoms with van der Waals surface area (Å²) in [7, 11) is 0.756. The van der Waals surface area contributed by atoms with Gasteiger partial charge in [-0.3, -0.25) is 0 Å². The molecule has 1 unspecified atom stereocenters. The molecule has 0 saturated heterocycles. The summed E-state index contributed by atoms with van der Waals surface area (Å²) >= 11 is 0. The summed E-state index contributed by atoms with van der Waals surface area (Å²) in [5, 5.41) is -0.270. The molecule has 0 aromatic heterocycles. The van der Waals surface area contributed by atoms with Crippen molar-refractivity contribution >= 4 is 15.4 Å². The van der Waals surface area contributed by atoms with E-state index in [0.717, 1.165) is 12.0 Å².